The van der Waals surface area contributed by atoms with Crippen molar-refractivity contribution in [3.8, 4) is 0 Å². The van der Waals surface area contributed by atoms with Crippen LogP contribution in [0, 0.1) is 12.7 Å². The van der Waals surface area contributed by atoms with Gasteiger partial charge in [-0.15, -0.1) is 0 Å². The van der Waals surface area contributed by atoms with Crippen molar-refractivity contribution in [2.75, 3.05) is 31.0 Å². The molecule has 0 saturated carbocycles. The van der Waals surface area contributed by atoms with Crippen molar-refractivity contribution in [2.45, 2.75) is 50.9 Å². The third kappa shape index (κ3) is 4.01. The fraction of sp³-hybridized carbons (Fsp3) is 0.423. The molecule has 1 aliphatic heterocycles. The van der Waals surface area contributed by atoms with Gasteiger partial charge in [0.15, 0.2) is 11.2 Å². The van der Waals surface area contributed by atoms with Crippen LogP contribution < -0.4 is 10.2 Å². The zero-order valence-corrected chi connectivity index (χ0v) is 21.4. The number of aryl methyl sites for hydroxylation is 1. The fourth-order valence-corrected chi connectivity index (χ4v) is 4.59. The number of nitrogens with one attached hydrogen (secondary N) is 1. The van der Waals surface area contributed by atoms with Crippen LogP contribution >= 0.6 is 0 Å². The Kier molecular flexibility index (Phi) is 6.46. The number of fused-ring (bicyclic) bond motifs is 2. The highest BCUT2D eigenvalue weighted by molar-refractivity contribution is 6.09. The highest BCUT2D eigenvalue weighted by Gasteiger charge is 2.52. The van der Waals surface area contributed by atoms with Crippen LogP contribution in [-0.4, -0.2) is 52.5 Å². The van der Waals surface area contributed by atoms with E-state index in [1.54, 1.807) is 40.0 Å². The summed E-state index contributed by atoms with van der Waals surface area (Å²) < 4.78 is 50.7. The number of aliphatic hydroxyl groups is 2. The van der Waals surface area contributed by atoms with Gasteiger partial charge >= 0.3 is 5.92 Å². The van der Waals surface area contributed by atoms with E-state index in [4.69, 9.17) is 4.74 Å². The van der Waals surface area contributed by atoms with Crippen molar-refractivity contribution in [3.05, 3.63) is 58.7 Å². The SMILES string of the molecule is CO[C@]1(C)C(=O)N(C)c2cc3c(N[C@H](C)c4cccc(C(F)(F)C(C)(O)CO)c4F)nc(C)nc3cc21. The Morgan fingerprint density at radius 2 is 1.95 bits per heavy atom. The smallest absolute Gasteiger partial charge is 0.306 e. The van der Waals surface area contributed by atoms with Gasteiger partial charge in [-0.1, -0.05) is 12.1 Å². The molecule has 8 nitrogen and oxygen atoms in total. The highest BCUT2D eigenvalue weighted by atomic mass is 19.3. The lowest BCUT2D eigenvalue weighted by Gasteiger charge is -2.32. The van der Waals surface area contributed by atoms with Gasteiger partial charge in [0.2, 0.25) is 0 Å². The number of aliphatic hydroxyl groups excluding tert-OH is 1. The van der Waals surface area contributed by atoms with E-state index in [-0.39, 0.29) is 11.5 Å². The maximum Gasteiger partial charge on any atom is 0.306 e. The van der Waals surface area contributed by atoms with Gasteiger partial charge in [0.1, 0.15) is 17.5 Å². The van der Waals surface area contributed by atoms with Gasteiger partial charge in [-0.3, -0.25) is 4.79 Å². The summed E-state index contributed by atoms with van der Waals surface area (Å²) in [4.78, 5) is 23.3. The second-order valence-corrected chi connectivity index (χ2v) is 9.69. The topological polar surface area (TPSA) is 108 Å². The van der Waals surface area contributed by atoms with E-state index in [2.05, 4.69) is 15.3 Å². The summed E-state index contributed by atoms with van der Waals surface area (Å²) in [6, 6.07) is 6.15. The van der Waals surface area contributed by atoms with Crippen molar-refractivity contribution in [1.29, 1.82) is 0 Å². The zero-order chi connectivity index (χ0) is 27.5. The van der Waals surface area contributed by atoms with E-state index in [1.165, 1.54) is 24.1 Å². The summed E-state index contributed by atoms with van der Waals surface area (Å²) >= 11 is 0. The number of alkyl halides is 2. The molecule has 1 unspecified atom stereocenters. The Morgan fingerprint density at radius 1 is 1.27 bits per heavy atom. The Bertz CT molecular complexity index is 1400. The molecule has 1 aromatic heterocycles. The van der Waals surface area contributed by atoms with Crippen LogP contribution in [0.1, 0.15) is 49.3 Å². The first kappa shape index (κ1) is 26.8. The van der Waals surface area contributed by atoms with Crippen molar-refractivity contribution in [1.82, 2.24) is 9.97 Å². The number of carbonyl (C=O) groups excluding carboxylic acids is 1. The van der Waals surface area contributed by atoms with Gasteiger partial charge < -0.3 is 25.2 Å². The van der Waals surface area contributed by atoms with Gasteiger partial charge in [-0.05, 0) is 45.9 Å². The van der Waals surface area contributed by atoms with E-state index >= 15 is 4.39 Å². The summed E-state index contributed by atoms with van der Waals surface area (Å²) in [5, 5.41) is 22.8. The van der Waals surface area contributed by atoms with E-state index in [9.17, 15) is 23.8 Å². The summed E-state index contributed by atoms with van der Waals surface area (Å²) in [7, 11) is 3.08. The number of amides is 1. The lowest BCUT2D eigenvalue weighted by Crippen LogP contribution is -2.47. The maximum absolute atomic E-state index is 15.4. The van der Waals surface area contributed by atoms with Crippen LogP contribution in [0.25, 0.3) is 10.9 Å². The zero-order valence-electron chi connectivity index (χ0n) is 21.4. The van der Waals surface area contributed by atoms with Crippen molar-refractivity contribution in [3.63, 3.8) is 0 Å². The number of hydrogen-bond donors (Lipinski definition) is 3. The molecule has 0 fully saturated rings. The van der Waals surface area contributed by atoms with Crippen LogP contribution in [0.15, 0.2) is 30.3 Å². The molecular formula is C26H29F3N4O4. The number of rotatable bonds is 7. The molecule has 37 heavy (non-hydrogen) atoms. The maximum atomic E-state index is 15.4. The third-order valence-corrected chi connectivity index (χ3v) is 7.09. The third-order valence-electron chi connectivity index (χ3n) is 7.09. The molecule has 3 N–H and O–H groups in total. The largest absolute Gasteiger partial charge is 0.393 e. The van der Waals surface area contributed by atoms with Gasteiger partial charge in [-0.2, -0.15) is 8.78 Å². The van der Waals surface area contributed by atoms with Gasteiger partial charge in [0, 0.05) is 30.7 Å². The van der Waals surface area contributed by atoms with Crippen molar-refractivity contribution < 1.29 is 32.9 Å². The molecule has 3 aromatic rings. The molecule has 0 radical (unpaired) electrons. The number of methoxy groups -OCH3 is 1. The lowest BCUT2D eigenvalue weighted by atomic mass is 9.90. The minimum Gasteiger partial charge on any atom is -0.393 e. The first-order valence-electron chi connectivity index (χ1n) is 11.6. The standard InChI is InChI=1S/C26H29F3N4O4/c1-13(15-8-7-9-17(21(15)27)26(28,29)24(3,36)12-34)30-22-16-10-20-18(11-19(16)31-14(2)32-22)25(4,37-6)23(35)33(20)5/h7-11,13,34,36H,12H2,1-6H3,(H,30,31,32)/t13-,24?,25+/m1/s1. The van der Waals surface area contributed by atoms with Gasteiger partial charge in [0.25, 0.3) is 5.91 Å². The number of halogens is 3. The highest BCUT2D eigenvalue weighted by Crippen LogP contribution is 2.45. The van der Waals surface area contributed by atoms with E-state index < -0.39 is 41.2 Å². The van der Waals surface area contributed by atoms with Crippen LogP contribution in [0.4, 0.5) is 24.7 Å². The molecule has 1 amide bonds. The lowest BCUT2D eigenvalue weighted by molar-refractivity contribution is -0.197. The molecule has 2 heterocycles. The number of nitrogens with zero attached hydrogens (tertiary/aromatic N) is 3. The van der Waals surface area contributed by atoms with Crippen LogP contribution in [-0.2, 0) is 21.1 Å². The van der Waals surface area contributed by atoms with Crippen molar-refractivity contribution >= 4 is 28.3 Å². The average Bonchev–Trinajstić information content (AvgIpc) is 3.03. The predicted octanol–water partition coefficient (Wildman–Crippen LogP) is 3.92. The van der Waals surface area contributed by atoms with Gasteiger partial charge in [-0.25, -0.2) is 14.4 Å². The monoisotopic (exact) mass is 518 g/mol. The molecule has 1 aliphatic rings. The number of carbonyl (C=O) groups is 1. The molecule has 2 aromatic carbocycles. The molecule has 0 bridgehead atoms. The quantitative estimate of drug-likeness (QED) is 0.435. The fourth-order valence-electron chi connectivity index (χ4n) is 4.59. The summed E-state index contributed by atoms with van der Waals surface area (Å²) in [6.07, 6.45) is 0. The molecule has 3 atom stereocenters. The first-order chi connectivity index (χ1) is 17.2. The summed E-state index contributed by atoms with van der Waals surface area (Å²) in [5.74, 6) is -4.78. The normalized spacial score (nSPS) is 20.2. The Hall–Kier alpha value is -3.28. The number of aromatic nitrogens is 2. The number of likely N-dealkylation sites (N-methyl/N-ethyl adjacent to an activating group) is 1. The van der Waals surface area contributed by atoms with E-state index in [0.29, 0.717) is 33.8 Å². The molecule has 4 rings (SSSR count). The number of benzene rings is 2. The number of hydrogen-bond acceptors (Lipinski definition) is 7. The Balaban J connectivity index is 1.79. The number of ether oxygens (including phenoxy) is 1. The van der Waals surface area contributed by atoms with Crippen LogP contribution in [0.5, 0.6) is 0 Å². The van der Waals surface area contributed by atoms with Crippen LogP contribution in [0.3, 0.4) is 0 Å². The molecule has 198 valence electrons. The average molecular weight is 519 g/mol. The number of anilines is 2. The predicted molar refractivity (Wildman–Crippen MR) is 132 cm³/mol. The van der Waals surface area contributed by atoms with Crippen molar-refractivity contribution in [2.24, 2.45) is 0 Å². The van der Waals surface area contributed by atoms with Gasteiger partial charge in [0.05, 0.1) is 29.4 Å². The Labute approximate surface area is 212 Å². The Morgan fingerprint density at radius 3 is 2.57 bits per heavy atom. The van der Waals surface area contributed by atoms with E-state index in [1.807, 2.05) is 0 Å². The summed E-state index contributed by atoms with van der Waals surface area (Å²) in [6.45, 7) is 4.42. The molecular weight excluding hydrogens is 489 g/mol. The van der Waals surface area contributed by atoms with Crippen LogP contribution in [0.2, 0.25) is 0 Å². The van der Waals surface area contributed by atoms with E-state index in [0.717, 1.165) is 13.0 Å². The minimum atomic E-state index is -4.05. The molecule has 11 heteroatoms. The molecule has 0 aliphatic carbocycles. The second kappa shape index (κ2) is 8.93. The first-order valence-corrected chi connectivity index (χ1v) is 11.6. The minimum absolute atomic E-state index is 0.0873. The second-order valence-electron chi connectivity index (χ2n) is 9.69. The summed E-state index contributed by atoms with van der Waals surface area (Å²) in [5.41, 5.74) is -3.39. The molecule has 0 saturated heterocycles. The molecule has 0 spiro atoms.